The number of unbranched alkanes of at least 4 members (excludes halogenated alkanes) is 1. The zero-order chi connectivity index (χ0) is 14.7. The van der Waals surface area contributed by atoms with Crippen molar-refractivity contribution in [3.8, 4) is 0 Å². The molecule has 0 aromatic heterocycles. The predicted octanol–water partition coefficient (Wildman–Crippen LogP) is 4.97. The van der Waals surface area contributed by atoms with E-state index in [0.29, 0.717) is 0 Å². The number of esters is 1. The first kappa shape index (κ1) is 17.7. The molecule has 0 saturated carbocycles. The number of hydrogen-bond acceptors (Lipinski definition) is 2. The highest BCUT2D eigenvalue weighted by Gasteiger charge is 2.14. The molecular weight excluding hydrogens is 236 g/mol. The van der Waals surface area contributed by atoms with Gasteiger partial charge in [-0.1, -0.05) is 29.9 Å². The average Bonchev–Trinajstić information content (AvgIpc) is 2.34. The fourth-order valence-electron chi connectivity index (χ4n) is 1.73. The van der Waals surface area contributed by atoms with Crippen molar-refractivity contribution in [2.45, 2.75) is 66.4 Å². The molecule has 0 spiro atoms. The Labute approximate surface area is 118 Å². The summed E-state index contributed by atoms with van der Waals surface area (Å²) in [5.41, 5.74) is 2.39. The van der Waals surface area contributed by atoms with E-state index in [0.717, 1.165) is 31.3 Å². The third-order valence-corrected chi connectivity index (χ3v) is 3.08. The van der Waals surface area contributed by atoms with Crippen LogP contribution in [0.1, 0.15) is 60.3 Å². The van der Waals surface area contributed by atoms with Crippen molar-refractivity contribution in [3.63, 3.8) is 0 Å². The van der Waals surface area contributed by atoms with Crippen LogP contribution in [-0.4, -0.2) is 12.1 Å². The molecule has 1 atom stereocenters. The second kappa shape index (κ2) is 10.6. The van der Waals surface area contributed by atoms with Crippen molar-refractivity contribution >= 4 is 5.97 Å². The first-order chi connectivity index (χ1) is 8.99. The molecule has 0 aliphatic rings. The van der Waals surface area contributed by atoms with E-state index < -0.39 is 0 Å². The van der Waals surface area contributed by atoms with Gasteiger partial charge < -0.3 is 4.74 Å². The number of hydrogen-bond donors (Lipinski definition) is 0. The fourth-order valence-corrected chi connectivity index (χ4v) is 1.73. The van der Waals surface area contributed by atoms with Crippen molar-refractivity contribution in [2.24, 2.45) is 0 Å². The van der Waals surface area contributed by atoms with Crippen LogP contribution in [0.3, 0.4) is 0 Å². The van der Waals surface area contributed by atoms with Gasteiger partial charge in [0.15, 0.2) is 0 Å². The predicted molar refractivity (Wildman–Crippen MR) is 82.0 cm³/mol. The van der Waals surface area contributed by atoms with Crippen LogP contribution in [0.2, 0.25) is 0 Å². The molecule has 2 heteroatoms. The smallest absolute Gasteiger partial charge is 0.303 e. The maximum Gasteiger partial charge on any atom is 0.303 e. The summed E-state index contributed by atoms with van der Waals surface area (Å²) in [6.45, 7) is 9.66. The van der Waals surface area contributed by atoms with E-state index >= 15 is 0 Å². The Morgan fingerprint density at radius 1 is 1.00 bits per heavy atom. The lowest BCUT2D eigenvalue weighted by Gasteiger charge is -2.18. The van der Waals surface area contributed by atoms with Crippen LogP contribution in [0.5, 0.6) is 0 Å². The van der Waals surface area contributed by atoms with Crippen molar-refractivity contribution < 1.29 is 9.53 Å². The summed E-state index contributed by atoms with van der Waals surface area (Å²) in [5.74, 6) is -0.206. The molecule has 0 amide bonds. The van der Waals surface area contributed by atoms with Gasteiger partial charge in [-0.25, -0.2) is 0 Å². The van der Waals surface area contributed by atoms with Crippen molar-refractivity contribution in [1.29, 1.82) is 0 Å². The number of carbonyl (C=O) groups is 1. The Bertz CT molecular complexity index is 344. The molecule has 19 heavy (non-hydrogen) atoms. The molecule has 108 valence electrons. The zero-order valence-corrected chi connectivity index (χ0v) is 13.0. The minimum atomic E-state index is -0.206. The second-order valence-electron chi connectivity index (χ2n) is 4.98. The van der Waals surface area contributed by atoms with Gasteiger partial charge in [-0.15, -0.1) is 0 Å². The van der Waals surface area contributed by atoms with Crippen LogP contribution in [0.25, 0.3) is 0 Å². The quantitative estimate of drug-likeness (QED) is 0.351. The van der Waals surface area contributed by atoms with E-state index in [1.165, 1.54) is 12.5 Å². The maximum atomic E-state index is 11.1. The van der Waals surface area contributed by atoms with E-state index in [1.807, 2.05) is 13.8 Å². The summed E-state index contributed by atoms with van der Waals surface area (Å²) in [6, 6.07) is 0. The highest BCUT2D eigenvalue weighted by Crippen LogP contribution is 2.17. The molecule has 0 aromatic rings. The molecule has 0 N–H and O–H groups in total. The van der Waals surface area contributed by atoms with Crippen LogP contribution in [0, 0.1) is 0 Å². The van der Waals surface area contributed by atoms with Crippen LogP contribution >= 0.6 is 0 Å². The largest absolute Gasteiger partial charge is 0.458 e. The van der Waals surface area contributed by atoms with Crippen molar-refractivity contribution in [1.82, 2.24) is 0 Å². The molecule has 0 aromatic carbocycles. The Morgan fingerprint density at radius 2 is 1.58 bits per heavy atom. The van der Waals surface area contributed by atoms with Crippen LogP contribution in [-0.2, 0) is 9.53 Å². The van der Waals surface area contributed by atoms with Gasteiger partial charge >= 0.3 is 5.97 Å². The molecule has 1 unspecified atom stereocenters. The first-order valence-corrected chi connectivity index (χ1v) is 7.06. The topological polar surface area (TPSA) is 26.3 Å². The van der Waals surface area contributed by atoms with E-state index in [2.05, 4.69) is 38.2 Å². The number of ether oxygens (including phenoxy) is 1. The summed E-state index contributed by atoms with van der Waals surface area (Å²) in [5, 5.41) is 0. The molecule has 2 nitrogen and oxygen atoms in total. The lowest BCUT2D eigenvalue weighted by molar-refractivity contribution is -0.144. The zero-order valence-electron chi connectivity index (χ0n) is 13.0. The van der Waals surface area contributed by atoms with Gasteiger partial charge in [0.25, 0.3) is 0 Å². The Kier molecular flexibility index (Phi) is 9.87. The molecule has 0 bridgehead atoms. The van der Waals surface area contributed by atoms with Gasteiger partial charge in [-0.2, -0.15) is 0 Å². The second-order valence-corrected chi connectivity index (χ2v) is 4.98. The molecule has 0 rings (SSSR count). The van der Waals surface area contributed by atoms with Gasteiger partial charge in [0.05, 0.1) is 0 Å². The average molecular weight is 264 g/mol. The molecule has 0 aliphatic heterocycles. The lowest BCUT2D eigenvalue weighted by Crippen LogP contribution is -2.18. The standard InChI is InChI=1S/C17H28O2/c1-6-7-8-9-10-11-12-13-17(19-16(5)18)15(4)14(2)3/h6-7,10-11,17H,8-9,12-13H2,1-5H3. The van der Waals surface area contributed by atoms with Crippen LogP contribution in [0.4, 0.5) is 0 Å². The molecule has 0 radical (unpaired) electrons. The molecule has 0 aliphatic carbocycles. The van der Waals surface area contributed by atoms with E-state index in [4.69, 9.17) is 4.74 Å². The van der Waals surface area contributed by atoms with Crippen molar-refractivity contribution in [3.05, 3.63) is 35.5 Å². The normalized spacial score (nSPS) is 12.9. The SMILES string of the molecule is CC=CCCC=CCCC(OC(C)=O)C(C)=C(C)C. The van der Waals surface area contributed by atoms with Crippen molar-refractivity contribution in [2.75, 3.05) is 0 Å². The summed E-state index contributed by atoms with van der Waals surface area (Å²) in [6.07, 6.45) is 12.5. The number of rotatable bonds is 8. The molecule has 0 saturated heterocycles. The Balaban J connectivity index is 4.21. The van der Waals surface area contributed by atoms with E-state index in [-0.39, 0.29) is 12.1 Å². The van der Waals surface area contributed by atoms with Crippen LogP contribution < -0.4 is 0 Å². The number of allylic oxidation sites excluding steroid dienone is 5. The fraction of sp³-hybridized carbons (Fsp3) is 0.588. The van der Waals surface area contributed by atoms with E-state index in [9.17, 15) is 4.79 Å². The minimum Gasteiger partial charge on any atom is -0.458 e. The molecule has 0 heterocycles. The summed E-state index contributed by atoms with van der Waals surface area (Å²) >= 11 is 0. The molecular formula is C17H28O2. The monoisotopic (exact) mass is 264 g/mol. The summed E-state index contributed by atoms with van der Waals surface area (Å²) in [4.78, 5) is 11.1. The minimum absolute atomic E-state index is 0.0808. The van der Waals surface area contributed by atoms with Gasteiger partial charge in [-0.05, 0) is 59.0 Å². The van der Waals surface area contributed by atoms with Gasteiger partial charge in [0, 0.05) is 6.92 Å². The highest BCUT2D eigenvalue weighted by molar-refractivity contribution is 5.66. The van der Waals surface area contributed by atoms with Gasteiger partial charge in [0.2, 0.25) is 0 Å². The molecule has 0 fully saturated rings. The first-order valence-electron chi connectivity index (χ1n) is 7.06. The summed E-state index contributed by atoms with van der Waals surface area (Å²) < 4.78 is 5.38. The third kappa shape index (κ3) is 9.29. The Morgan fingerprint density at radius 3 is 2.11 bits per heavy atom. The van der Waals surface area contributed by atoms with Gasteiger partial charge in [-0.3, -0.25) is 4.79 Å². The third-order valence-electron chi connectivity index (χ3n) is 3.08. The number of carbonyl (C=O) groups excluding carboxylic acids is 1. The highest BCUT2D eigenvalue weighted by atomic mass is 16.5. The van der Waals surface area contributed by atoms with Crippen LogP contribution in [0.15, 0.2) is 35.5 Å². The van der Waals surface area contributed by atoms with Gasteiger partial charge in [0.1, 0.15) is 6.10 Å². The van der Waals surface area contributed by atoms with E-state index in [1.54, 1.807) is 0 Å². The summed E-state index contributed by atoms with van der Waals surface area (Å²) in [7, 11) is 0. The maximum absolute atomic E-state index is 11.1. The lowest BCUT2D eigenvalue weighted by atomic mass is 10.0. The Hall–Kier alpha value is -1.31.